The fourth-order valence-electron chi connectivity index (χ4n) is 1.23. The zero-order valence-electron chi connectivity index (χ0n) is 7.35. The van der Waals surface area contributed by atoms with Crippen LogP contribution < -0.4 is 5.69 Å². The Morgan fingerprint density at radius 1 is 1.57 bits per heavy atom. The van der Waals surface area contributed by atoms with Crippen LogP contribution in [0.25, 0.3) is 5.65 Å². The van der Waals surface area contributed by atoms with Gasteiger partial charge in [0.05, 0.1) is 6.54 Å². The third-order valence-electron chi connectivity index (χ3n) is 1.81. The molecule has 2 aromatic heterocycles. The Kier molecular flexibility index (Phi) is 2.13. The van der Waals surface area contributed by atoms with E-state index in [0.717, 1.165) is 0 Å². The van der Waals surface area contributed by atoms with Crippen LogP contribution in [0.5, 0.6) is 0 Å². The molecule has 0 aliphatic heterocycles. The first-order valence-electron chi connectivity index (χ1n) is 4.06. The van der Waals surface area contributed by atoms with E-state index < -0.39 is 0 Å². The van der Waals surface area contributed by atoms with E-state index in [0.29, 0.717) is 10.7 Å². The Hall–Kier alpha value is -1.55. The van der Waals surface area contributed by atoms with Gasteiger partial charge in [0.1, 0.15) is 0 Å². The normalized spacial score (nSPS) is 10.6. The maximum absolute atomic E-state index is 11.6. The molecule has 0 unspecified atom stereocenters. The molecule has 2 heterocycles. The minimum atomic E-state index is -0.206. The van der Waals surface area contributed by atoms with E-state index in [4.69, 9.17) is 11.6 Å². The predicted molar refractivity (Wildman–Crippen MR) is 54.4 cm³/mol. The molecule has 0 spiro atoms. The molecule has 0 atom stereocenters. The van der Waals surface area contributed by atoms with Crippen molar-refractivity contribution in [2.24, 2.45) is 0 Å². The molecule has 0 fully saturated rings. The van der Waals surface area contributed by atoms with Gasteiger partial charge in [0.15, 0.2) is 5.65 Å². The zero-order chi connectivity index (χ0) is 10.1. The van der Waals surface area contributed by atoms with Crippen LogP contribution in [-0.4, -0.2) is 14.2 Å². The standard InChI is InChI=1S/C9H8ClN3O/c1-7(10)6-13-9(14)12-5-3-2-4-8(12)11-13/h2-5H,1,6H2. The summed E-state index contributed by atoms with van der Waals surface area (Å²) in [6, 6.07) is 5.35. The number of aromatic nitrogens is 3. The molecule has 0 aliphatic carbocycles. The minimum Gasteiger partial charge on any atom is -0.250 e. The molecule has 0 amide bonds. The van der Waals surface area contributed by atoms with Crippen molar-refractivity contribution in [3.8, 4) is 0 Å². The molecule has 0 aliphatic rings. The molecule has 0 N–H and O–H groups in total. The Balaban J connectivity index is 2.63. The fourth-order valence-corrected chi connectivity index (χ4v) is 1.35. The highest BCUT2D eigenvalue weighted by molar-refractivity contribution is 6.29. The molecule has 0 radical (unpaired) electrons. The third-order valence-corrected chi connectivity index (χ3v) is 1.93. The van der Waals surface area contributed by atoms with E-state index in [9.17, 15) is 4.79 Å². The number of rotatable bonds is 2. The van der Waals surface area contributed by atoms with Crippen molar-refractivity contribution >= 4 is 17.2 Å². The zero-order valence-corrected chi connectivity index (χ0v) is 8.11. The summed E-state index contributed by atoms with van der Waals surface area (Å²) >= 11 is 5.61. The monoisotopic (exact) mass is 209 g/mol. The first kappa shape index (κ1) is 9.02. The molecular weight excluding hydrogens is 202 g/mol. The molecule has 2 aromatic rings. The molecule has 72 valence electrons. The SMILES string of the molecule is C=C(Cl)Cn1nc2ccccn2c1=O. The van der Waals surface area contributed by atoms with Gasteiger partial charge in [0, 0.05) is 11.2 Å². The summed E-state index contributed by atoms with van der Waals surface area (Å²) in [6.45, 7) is 3.76. The maximum atomic E-state index is 11.6. The highest BCUT2D eigenvalue weighted by Crippen LogP contribution is 2.00. The summed E-state index contributed by atoms with van der Waals surface area (Å²) in [5.74, 6) is 0. The summed E-state index contributed by atoms with van der Waals surface area (Å²) in [5.41, 5.74) is 0.401. The smallest absolute Gasteiger partial charge is 0.250 e. The minimum absolute atomic E-state index is 0.206. The second-order valence-corrected chi connectivity index (χ2v) is 3.42. The Bertz CT molecular complexity index is 540. The number of hydrogen-bond donors (Lipinski definition) is 0. The first-order valence-corrected chi connectivity index (χ1v) is 4.44. The van der Waals surface area contributed by atoms with Crippen LogP contribution >= 0.6 is 11.6 Å². The maximum Gasteiger partial charge on any atom is 0.350 e. The topological polar surface area (TPSA) is 39.3 Å². The lowest BCUT2D eigenvalue weighted by Gasteiger charge is -1.93. The van der Waals surface area contributed by atoms with Crippen LogP contribution in [0.4, 0.5) is 0 Å². The van der Waals surface area contributed by atoms with Crippen molar-refractivity contribution in [3.63, 3.8) is 0 Å². The molecule has 0 bridgehead atoms. The molecule has 0 aromatic carbocycles. The average Bonchev–Trinajstić information content (AvgIpc) is 2.44. The molecule has 5 heteroatoms. The largest absolute Gasteiger partial charge is 0.350 e. The molecule has 2 rings (SSSR count). The predicted octanol–water partition coefficient (Wildman–Crippen LogP) is 1.25. The van der Waals surface area contributed by atoms with Gasteiger partial charge in [-0.1, -0.05) is 24.2 Å². The quantitative estimate of drug-likeness (QED) is 0.747. The summed E-state index contributed by atoms with van der Waals surface area (Å²) in [5, 5.41) is 4.46. The highest BCUT2D eigenvalue weighted by Gasteiger charge is 2.05. The van der Waals surface area contributed by atoms with Gasteiger partial charge < -0.3 is 0 Å². The number of fused-ring (bicyclic) bond motifs is 1. The van der Waals surface area contributed by atoms with Crippen molar-refractivity contribution in [2.75, 3.05) is 0 Å². The van der Waals surface area contributed by atoms with Gasteiger partial charge in [-0.2, -0.15) is 0 Å². The van der Waals surface area contributed by atoms with Crippen LogP contribution in [0.15, 0.2) is 40.8 Å². The summed E-state index contributed by atoms with van der Waals surface area (Å²) < 4.78 is 2.74. The van der Waals surface area contributed by atoms with Gasteiger partial charge in [-0.15, -0.1) is 5.10 Å². The number of allylic oxidation sites excluding steroid dienone is 1. The van der Waals surface area contributed by atoms with E-state index in [-0.39, 0.29) is 12.2 Å². The second-order valence-electron chi connectivity index (χ2n) is 2.89. The van der Waals surface area contributed by atoms with Gasteiger partial charge in [0.2, 0.25) is 0 Å². The van der Waals surface area contributed by atoms with Crippen LogP contribution in [0, 0.1) is 0 Å². The van der Waals surface area contributed by atoms with E-state index in [1.165, 1.54) is 9.08 Å². The van der Waals surface area contributed by atoms with Gasteiger partial charge in [-0.3, -0.25) is 4.40 Å². The van der Waals surface area contributed by atoms with Crippen molar-refractivity contribution < 1.29 is 0 Å². The molecule has 14 heavy (non-hydrogen) atoms. The molecule has 4 nitrogen and oxygen atoms in total. The van der Waals surface area contributed by atoms with Crippen LogP contribution in [-0.2, 0) is 6.54 Å². The van der Waals surface area contributed by atoms with Crippen LogP contribution in [0.2, 0.25) is 0 Å². The van der Waals surface area contributed by atoms with E-state index in [2.05, 4.69) is 11.7 Å². The third kappa shape index (κ3) is 1.44. The average molecular weight is 210 g/mol. The Morgan fingerprint density at radius 3 is 3.00 bits per heavy atom. The molecule has 0 saturated carbocycles. The summed E-state index contributed by atoms with van der Waals surface area (Å²) in [4.78, 5) is 11.6. The van der Waals surface area contributed by atoms with Gasteiger partial charge in [-0.25, -0.2) is 9.48 Å². The van der Waals surface area contributed by atoms with E-state index >= 15 is 0 Å². The van der Waals surface area contributed by atoms with Gasteiger partial charge in [0.25, 0.3) is 0 Å². The Labute approximate surface area is 85.0 Å². The number of nitrogens with zero attached hydrogens (tertiary/aromatic N) is 3. The second kappa shape index (κ2) is 3.31. The van der Waals surface area contributed by atoms with Crippen molar-refractivity contribution in [3.05, 3.63) is 46.5 Å². The van der Waals surface area contributed by atoms with Crippen molar-refractivity contribution in [1.82, 2.24) is 14.2 Å². The summed E-state index contributed by atoms with van der Waals surface area (Å²) in [6.07, 6.45) is 1.66. The van der Waals surface area contributed by atoms with Crippen LogP contribution in [0.3, 0.4) is 0 Å². The number of hydrogen-bond acceptors (Lipinski definition) is 2. The number of pyridine rings is 1. The summed E-state index contributed by atoms with van der Waals surface area (Å²) in [7, 11) is 0. The lowest BCUT2D eigenvalue weighted by atomic mass is 10.5. The molecular formula is C9H8ClN3O. The number of halogens is 1. The van der Waals surface area contributed by atoms with Crippen molar-refractivity contribution in [2.45, 2.75) is 6.54 Å². The highest BCUT2D eigenvalue weighted by atomic mass is 35.5. The lowest BCUT2D eigenvalue weighted by molar-refractivity contribution is 0.666. The lowest BCUT2D eigenvalue weighted by Crippen LogP contribution is -2.21. The van der Waals surface area contributed by atoms with E-state index in [1.807, 2.05) is 6.07 Å². The van der Waals surface area contributed by atoms with Crippen molar-refractivity contribution in [1.29, 1.82) is 0 Å². The van der Waals surface area contributed by atoms with Gasteiger partial charge in [-0.05, 0) is 12.1 Å². The van der Waals surface area contributed by atoms with Crippen LogP contribution in [0.1, 0.15) is 0 Å². The van der Waals surface area contributed by atoms with E-state index in [1.54, 1.807) is 18.3 Å². The van der Waals surface area contributed by atoms with Gasteiger partial charge >= 0.3 is 5.69 Å². The fraction of sp³-hybridized carbons (Fsp3) is 0.111. The Morgan fingerprint density at radius 2 is 2.36 bits per heavy atom. The molecule has 0 saturated heterocycles. The first-order chi connectivity index (χ1) is 6.68.